The van der Waals surface area contributed by atoms with E-state index in [2.05, 4.69) is 25.3 Å². The van der Waals surface area contributed by atoms with Crippen LogP contribution in [0.4, 0.5) is 20.5 Å². The lowest BCUT2D eigenvalue weighted by atomic mass is 10.1. The second-order valence-corrected chi connectivity index (χ2v) is 9.19. The number of aromatic nitrogens is 5. The molecule has 1 aromatic carbocycles. The molecular weight excluding hydrogens is 496 g/mol. The minimum atomic E-state index is -0.713. The average molecular weight is 522 g/mol. The standard InChI is InChI=1S/C26H25F2N7O3/c1-14(2)35-15(3)31-24-19(27)8-17(9-21(24)35)23-20(28)11-30-26(33-23)32-22-5-4-16(10-29-22)25(37)34-6-7-38-18(12-34)13-36/h4-5,8-11,13-14,18H,6-7,12H2,1-3H3,(H,29,30,32,33). The largest absolute Gasteiger partial charge is 0.367 e. The van der Waals surface area contributed by atoms with Crippen LogP contribution in [-0.2, 0) is 9.53 Å². The summed E-state index contributed by atoms with van der Waals surface area (Å²) in [5.41, 5.74) is 1.25. The van der Waals surface area contributed by atoms with Crippen molar-refractivity contribution in [2.24, 2.45) is 0 Å². The Morgan fingerprint density at radius 2 is 1.97 bits per heavy atom. The van der Waals surface area contributed by atoms with E-state index in [1.807, 2.05) is 18.4 Å². The fraction of sp³-hybridized carbons (Fsp3) is 0.308. The second kappa shape index (κ2) is 10.2. The Labute approximate surface area is 216 Å². The lowest BCUT2D eigenvalue weighted by molar-refractivity contribution is -0.122. The van der Waals surface area contributed by atoms with Crippen molar-refractivity contribution in [3.05, 3.63) is 59.7 Å². The van der Waals surface area contributed by atoms with Gasteiger partial charge in [0, 0.05) is 24.3 Å². The molecule has 1 unspecified atom stereocenters. The lowest BCUT2D eigenvalue weighted by Crippen LogP contribution is -2.46. The first-order valence-corrected chi connectivity index (χ1v) is 12.1. The van der Waals surface area contributed by atoms with Crippen LogP contribution >= 0.6 is 0 Å². The molecule has 0 aliphatic carbocycles. The SMILES string of the molecule is Cc1nc2c(F)cc(-c3nc(Nc4ccc(C(=O)N5CCOC(C=O)C5)cn4)ncc3F)cc2n1C(C)C. The topological polar surface area (TPSA) is 115 Å². The van der Waals surface area contributed by atoms with Gasteiger partial charge >= 0.3 is 0 Å². The van der Waals surface area contributed by atoms with Crippen LogP contribution in [0.1, 0.15) is 36.1 Å². The lowest BCUT2D eigenvalue weighted by Gasteiger charge is -2.30. The number of fused-ring (bicyclic) bond motifs is 1. The molecule has 196 valence electrons. The summed E-state index contributed by atoms with van der Waals surface area (Å²) in [7, 11) is 0. The van der Waals surface area contributed by atoms with Crippen LogP contribution in [-0.4, -0.2) is 67.4 Å². The van der Waals surface area contributed by atoms with E-state index in [-0.39, 0.29) is 47.8 Å². The van der Waals surface area contributed by atoms with Crippen molar-refractivity contribution in [3.63, 3.8) is 0 Å². The monoisotopic (exact) mass is 521 g/mol. The van der Waals surface area contributed by atoms with Gasteiger partial charge in [-0.05, 0) is 45.0 Å². The maximum absolute atomic E-state index is 14.9. The molecule has 0 spiro atoms. The fourth-order valence-corrected chi connectivity index (χ4v) is 4.52. The number of anilines is 2. The Morgan fingerprint density at radius 3 is 2.68 bits per heavy atom. The number of hydrogen-bond acceptors (Lipinski definition) is 8. The molecule has 10 nitrogen and oxygen atoms in total. The van der Waals surface area contributed by atoms with Crippen molar-refractivity contribution in [3.8, 4) is 11.3 Å². The van der Waals surface area contributed by atoms with Gasteiger partial charge < -0.3 is 24.3 Å². The van der Waals surface area contributed by atoms with E-state index in [4.69, 9.17) is 4.74 Å². The molecule has 1 fully saturated rings. The van der Waals surface area contributed by atoms with Gasteiger partial charge in [0.2, 0.25) is 5.95 Å². The molecule has 5 rings (SSSR count). The molecule has 0 radical (unpaired) electrons. The number of halogens is 2. The van der Waals surface area contributed by atoms with Gasteiger partial charge in [0.05, 0.1) is 30.4 Å². The van der Waals surface area contributed by atoms with Gasteiger partial charge in [0.25, 0.3) is 5.91 Å². The number of pyridine rings is 1. The van der Waals surface area contributed by atoms with E-state index < -0.39 is 17.7 Å². The second-order valence-electron chi connectivity index (χ2n) is 9.19. The van der Waals surface area contributed by atoms with Gasteiger partial charge in [0.1, 0.15) is 29.0 Å². The van der Waals surface area contributed by atoms with E-state index in [1.54, 1.807) is 25.1 Å². The number of amides is 1. The molecule has 1 aliphatic rings. The summed E-state index contributed by atoms with van der Waals surface area (Å²) in [6, 6.07) is 6.03. The molecular formula is C26H25F2N7O3. The molecule has 1 saturated heterocycles. The number of nitrogens with one attached hydrogen (secondary N) is 1. The van der Waals surface area contributed by atoms with Crippen LogP contribution in [0.3, 0.4) is 0 Å². The van der Waals surface area contributed by atoms with Crippen LogP contribution in [0.15, 0.2) is 36.7 Å². The Morgan fingerprint density at radius 1 is 1.16 bits per heavy atom. The summed E-state index contributed by atoms with van der Waals surface area (Å²) >= 11 is 0. The Hall–Kier alpha value is -4.32. The number of aldehydes is 1. The molecule has 0 saturated carbocycles. The summed E-state index contributed by atoms with van der Waals surface area (Å²) < 4.78 is 36.8. The van der Waals surface area contributed by atoms with Crippen molar-refractivity contribution in [2.45, 2.75) is 32.9 Å². The number of morpholine rings is 1. The Balaban J connectivity index is 1.39. The molecule has 4 heterocycles. The van der Waals surface area contributed by atoms with Gasteiger partial charge in [-0.2, -0.15) is 0 Å². The first kappa shape index (κ1) is 25.3. The van der Waals surface area contributed by atoms with Crippen LogP contribution in [0.25, 0.3) is 22.3 Å². The van der Waals surface area contributed by atoms with E-state index in [0.717, 1.165) is 6.20 Å². The summed E-state index contributed by atoms with van der Waals surface area (Å²) in [4.78, 5) is 42.1. The van der Waals surface area contributed by atoms with Crippen LogP contribution in [0.2, 0.25) is 0 Å². The van der Waals surface area contributed by atoms with E-state index in [1.165, 1.54) is 17.2 Å². The highest BCUT2D eigenvalue weighted by molar-refractivity contribution is 5.94. The zero-order chi connectivity index (χ0) is 27.0. The molecule has 1 atom stereocenters. The maximum atomic E-state index is 14.9. The number of nitrogens with zero attached hydrogens (tertiary/aromatic N) is 6. The van der Waals surface area contributed by atoms with Gasteiger partial charge in [-0.15, -0.1) is 0 Å². The number of imidazole rings is 1. The molecule has 4 aromatic rings. The first-order chi connectivity index (χ1) is 18.2. The third-order valence-corrected chi connectivity index (χ3v) is 6.24. The Kier molecular flexibility index (Phi) is 6.81. The first-order valence-electron chi connectivity index (χ1n) is 12.1. The molecule has 3 aromatic heterocycles. The van der Waals surface area contributed by atoms with Crippen molar-refractivity contribution >= 4 is 35.0 Å². The fourth-order valence-electron chi connectivity index (χ4n) is 4.52. The maximum Gasteiger partial charge on any atom is 0.255 e. The normalized spacial score (nSPS) is 15.7. The number of ether oxygens (including phenoxy) is 1. The third kappa shape index (κ3) is 4.82. The highest BCUT2D eigenvalue weighted by Crippen LogP contribution is 2.30. The van der Waals surface area contributed by atoms with Crippen molar-refractivity contribution in [2.75, 3.05) is 25.0 Å². The number of carbonyl (C=O) groups excluding carboxylic acids is 2. The summed E-state index contributed by atoms with van der Waals surface area (Å²) in [5.74, 6) is -0.538. The van der Waals surface area contributed by atoms with Gasteiger partial charge in [-0.25, -0.2) is 28.7 Å². The summed E-state index contributed by atoms with van der Waals surface area (Å²) in [5, 5.41) is 2.89. The van der Waals surface area contributed by atoms with Gasteiger partial charge in [-0.3, -0.25) is 4.79 Å². The van der Waals surface area contributed by atoms with E-state index in [9.17, 15) is 18.4 Å². The zero-order valence-corrected chi connectivity index (χ0v) is 21.0. The predicted molar refractivity (Wildman–Crippen MR) is 135 cm³/mol. The molecule has 12 heteroatoms. The molecule has 1 aliphatic heterocycles. The van der Waals surface area contributed by atoms with Crippen molar-refractivity contribution in [1.29, 1.82) is 0 Å². The zero-order valence-electron chi connectivity index (χ0n) is 21.0. The minimum Gasteiger partial charge on any atom is -0.367 e. The van der Waals surface area contributed by atoms with Gasteiger partial charge in [-0.1, -0.05) is 0 Å². The van der Waals surface area contributed by atoms with Crippen LogP contribution in [0, 0.1) is 18.6 Å². The quantitative estimate of drug-likeness (QED) is 0.381. The number of aryl methyl sites for hydroxylation is 1. The molecule has 1 N–H and O–H groups in total. The van der Waals surface area contributed by atoms with Crippen molar-refractivity contribution in [1.82, 2.24) is 29.4 Å². The highest BCUT2D eigenvalue weighted by atomic mass is 19.1. The molecule has 38 heavy (non-hydrogen) atoms. The van der Waals surface area contributed by atoms with Crippen LogP contribution < -0.4 is 5.32 Å². The third-order valence-electron chi connectivity index (χ3n) is 6.24. The Bertz CT molecular complexity index is 1520. The van der Waals surface area contributed by atoms with Crippen molar-refractivity contribution < 1.29 is 23.1 Å². The number of carbonyl (C=O) groups is 2. The minimum absolute atomic E-state index is 0.0257. The number of benzene rings is 1. The molecule has 0 bridgehead atoms. The smallest absolute Gasteiger partial charge is 0.255 e. The van der Waals surface area contributed by atoms with Crippen LogP contribution in [0.5, 0.6) is 0 Å². The number of rotatable bonds is 6. The average Bonchev–Trinajstić information content (AvgIpc) is 3.26. The van der Waals surface area contributed by atoms with E-state index >= 15 is 0 Å². The predicted octanol–water partition coefficient (Wildman–Crippen LogP) is 3.84. The number of hydrogen-bond donors (Lipinski definition) is 1. The van der Waals surface area contributed by atoms with E-state index in [0.29, 0.717) is 35.6 Å². The van der Waals surface area contributed by atoms with Gasteiger partial charge in [0.15, 0.2) is 17.9 Å². The summed E-state index contributed by atoms with van der Waals surface area (Å²) in [6.07, 6.45) is 2.42. The summed E-state index contributed by atoms with van der Waals surface area (Å²) in [6.45, 7) is 6.54. The molecule has 1 amide bonds. The highest BCUT2D eigenvalue weighted by Gasteiger charge is 2.25.